The summed E-state index contributed by atoms with van der Waals surface area (Å²) in [7, 11) is -3.64. The Balaban J connectivity index is 1.69. The molecule has 0 aliphatic rings. The molecule has 3 aromatic rings. The van der Waals surface area contributed by atoms with Gasteiger partial charge in [-0.15, -0.1) is 11.3 Å². The Morgan fingerprint density at radius 3 is 2.14 bits per heavy atom. The van der Waals surface area contributed by atoms with E-state index in [0.29, 0.717) is 11.3 Å². The Labute approximate surface area is 175 Å². The van der Waals surface area contributed by atoms with Gasteiger partial charge >= 0.3 is 0 Å². The molecule has 0 saturated heterocycles. The number of amides is 1. The molecule has 0 bridgehead atoms. The maximum atomic E-state index is 12.5. The molecule has 0 fully saturated rings. The summed E-state index contributed by atoms with van der Waals surface area (Å²) in [6.45, 7) is 7.27. The third-order valence-electron chi connectivity index (χ3n) is 3.92. The summed E-state index contributed by atoms with van der Waals surface area (Å²) in [5.41, 5.74) is 2.33. The molecule has 0 radical (unpaired) electrons. The Kier molecular flexibility index (Phi) is 5.88. The fraction of sp³-hybridized carbons (Fsp3) is 0.238. The fourth-order valence-electron chi connectivity index (χ4n) is 2.67. The molecule has 8 heteroatoms. The van der Waals surface area contributed by atoms with E-state index in [2.05, 4.69) is 15.0 Å². The first-order chi connectivity index (χ1) is 13.5. The zero-order valence-electron chi connectivity index (χ0n) is 16.7. The minimum Gasteiger partial charge on any atom is -0.322 e. The van der Waals surface area contributed by atoms with Gasteiger partial charge in [-0.05, 0) is 64.1 Å². The Bertz CT molecular complexity index is 1110. The maximum Gasteiger partial charge on any atom is 0.255 e. The van der Waals surface area contributed by atoms with E-state index in [1.807, 2.05) is 36.6 Å². The van der Waals surface area contributed by atoms with Crippen molar-refractivity contribution in [3.8, 4) is 11.3 Å². The standard InChI is InChI=1S/C21H23N3O3S2/c1-14-22-19(13-28-14)15-5-9-17(10-6-15)23-20(25)16-7-11-18(12-8-16)29(26,27)24-21(2,3)4/h5-13,24H,1-4H3,(H,23,25). The van der Waals surface area contributed by atoms with E-state index in [9.17, 15) is 13.2 Å². The molecule has 0 atom stereocenters. The third kappa shape index (κ3) is 5.50. The molecule has 6 nitrogen and oxygen atoms in total. The lowest BCUT2D eigenvalue weighted by Crippen LogP contribution is -2.40. The molecule has 3 rings (SSSR count). The minimum atomic E-state index is -3.64. The monoisotopic (exact) mass is 429 g/mol. The molecule has 29 heavy (non-hydrogen) atoms. The van der Waals surface area contributed by atoms with Gasteiger partial charge in [0, 0.05) is 27.7 Å². The van der Waals surface area contributed by atoms with Crippen molar-refractivity contribution in [3.63, 3.8) is 0 Å². The molecular weight excluding hydrogens is 406 g/mol. The number of sulfonamides is 1. The molecule has 2 N–H and O–H groups in total. The average Bonchev–Trinajstić information content (AvgIpc) is 3.07. The van der Waals surface area contributed by atoms with Crippen LogP contribution in [0.4, 0.5) is 5.69 Å². The largest absolute Gasteiger partial charge is 0.322 e. The van der Waals surface area contributed by atoms with Crippen molar-refractivity contribution in [2.75, 3.05) is 5.32 Å². The third-order valence-corrected chi connectivity index (χ3v) is 6.47. The first-order valence-electron chi connectivity index (χ1n) is 9.01. The van der Waals surface area contributed by atoms with Crippen LogP contribution in [0.5, 0.6) is 0 Å². The highest BCUT2D eigenvalue weighted by Gasteiger charge is 2.22. The van der Waals surface area contributed by atoms with E-state index >= 15 is 0 Å². The van der Waals surface area contributed by atoms with Gasteiger partial charge in [0.15, 0.2) is 0 Å². The topological polar surface area (TPSA) is 88.2 Å². The van der Waals surface area contributed by atoms with E-state index in [1.165, 1.54) is 24.3 Å². The van der Waals surface area contributed by atoms with Crippen LogP contribution in [-0.4, -0.2) is 24.8 Å². The van der Waals surface area contributed by atoms with Crippen molar-refractivity contribution in [2.24, 2.45) is 0 Å². The number of thiazole rings is 1. The molecule has 1 aromatic heterocycles. The van der Waals surface area contributed by atoms with Crippen LogP contribution in [0.15, 0.2) is 58.8 Å². The van der Waals surface area contributed by atoms with Crippen LogP contribution >= 0.6 is 11.3 Å². The van der Waals surface area contributed by atoms with E-state index in [1.54, 1.807) is 32.1 Å². The van der Waals surface area contributed by atoms with Crippen LogP contribution < -0.4 is 10.0 Å². The van der Waals surface area contributed by atoms with Gasteiger partial charge in [0.2, 0.25) is 10.0 Å². The Morgan fingerprint density at radius 2 is 1.62 bits per heavy atom. The number of nitrogens with zero attached hydrogens (tertiary/aromatic N) is 1. The van der Waals surface area contributed by atoms with E-state index in [4.69, 9.17) is 0 Å². The van der Waals surface area contributed by atoms with Gasteiger partial charge in [-0.1, -0.05) is 12.1 Å². The van der Waals surface area contributed by atoms with Gasteiger partial charge in [0.1, 0.15) is 0 Å². The first-order valence-corrected chi connectivity index (χ1v) is 11.4. The number of hydrogen-bond acceptors (Lipinski definition) is 5. The van der Waals surface area contributed by atoms with Crippen LogP contribution in [0.3, 0.4) is 0 Å². The van der Waals surface area contributed by atoms with Gasteiger partial charge in [-0.25, -0.2) is 18.1 Å². The van der Waals surface area contributed by atoms with Crippen molar-refractivity contribution in [2.45, 2.75) is 38.1 Å². The highest BCUT2D eigenvalue weighted by Crippen LogP contribution is 2.23. The lowest BCUT2D eigenvalue weighted by molar-refractivity contribution is 0.102. The van der Waals surface area contributed by atoms with Crippen LogP contribution in [0.25, 0.3) is 11.3 Å². The van der Waals surface area contributed by atoms with E-state index < -0.39 is 15.6 Å². The molecule has 0 aliphatic heterocycles. The predicted molar refractivity (Wildman–Crippen MR) is 117 cm³/mol. The summed E-state index contributed by atoms with van der Waals surface area (Å²) >= 11 is 1.59. The summed E-state index contributed by atoms with van der Waals surface area (Å²) in [5, 5.41) is 5.81. The second-order valence-corrected chi connectivity index (χ2v) is 10.4. The van der Waals surface area contributed by atoms with Crippen molar-refractivity contribution < 1.29 is 13.2 Å². The molecule has 1 heterocycles. The van der Waals surface area contributed by atoms with Gasteiger partial charge in [0.05, 0.1) is 15.6 Å². The van der Waals surface area contributed by atoms with Crippen LogP contribution in [0, 0.1) is 6.92 Å². The smallest absolute Gasteiger partial charge is 0.255 e. The number of aromatic nitrogens is 1. The van der Waals surface area contributed by atoms with E-state index in [0.717, 1.165) is 16.3 Å². The first kappa shape index (κ1) is 21.2. The lowest BCUT2D eigenvalue weighted by Gasteiger charge is -2.20. The maximum absolute atomic E-state index is 12.5. The number of aryl methyl sites for hydroxylation is 1. The molecule has 0 aliphatic carbocycles. The molecule has 0 unspecified atom stereocenters. The number of carbonyl (C=O) groups is 1. The van der Waals surface area contributed by atoms with Crippen LogP contribution in [0.2, 0.25) is 0 Å². The lowest BCUT2D eigenvalue weighted by atomic mass is 10.1. The molecular formula is C21H23N3O3S2. The second kappa shape index (κ2) is 8.06. The number of anilines is 1. The highest BCUT2D eigenvalue weighted by molar-refractivity contribution is 7.89. The predicted octanol–water partition coefficient (Wildman–Crippen LogP) is 4.45. The van der Waals surface area contributed by atoms with E-state index in [-0.39, 0.29) is 10.8 Å². The fourth-order valence-corrected chi connectivity index (χ4v) is 4.71. The van der Waals surface area contributed by atoms with Crippen LogP contribution in [-0.2, 0) is 10.0 Å². The van der Waals surface area contributed by atoms with Crippen LogP contribution in [0.1, 0.15) is 36.1 Å². The van der Waals surface area contributed by atoms with Gasteiger partial charge in [-0.3, -0.25) is 4.79 Å². The van der Waals surface area contributed by atoms with Crippen molar-refractivity contribution in [1.29, 1.82) is 0 Å². The number of benzene rings is 2. The SMILES string of the molecule is Cc1nc(-c2ccc(NC(=O)c3ccc(S(=O)(=O)NC(C)(C)C)cc3)cc2)cs1. The van der Waals surface area contributed by atoms with Gasteiger partial charge in [-0.2, -0.15) is 0 Å². The molecule has 1 amide bonds. The zero-order chi connectivity index (χ0) is 21.2. The number of hydrogen-bond donors (Lipinski definition) is 2. The average molecular weight is 430 g/mol. The van der Waals surface area contributed by atoms with Crippen molar-refractivity contribution in [1.82, 2.24) is 9.71 Å². The zero-order valence-corrected chi connectivity index (χ0v) is 18.3. The minimum absolute atomic E-state index is 0.117. The highest BCUT2D eigenvalue weighted by atomic mass is 32.2. The van der Waals surface area contributed by atoms with Gasteiger partial charge < -0.3 is 5.32 Å². The Hall–Kier alpha value is -2.55. The summed E-state index contributed by atoms with van der Waals surface area (Å²) in [4.78, 5) is 17.0. The quantitative estimate of drug-likeness (QED) is 0.627. The number of rotatable bonds is 5. The second-order valence-electron chi connectivity index (χ2n) is 7.66. The normalized spacial score (nSPS) is 12.0. The molecule has 152 valence electrons. The van der Waals surface area contributed by atoms with Gasteiger partial charge in [0.25, 0.3) is 5.91 Å². The number of nitrogens with one attached hydrogen (secondary N) is 2. The number of carbonyl (C=O) groups excluding carboxylic acids is 1. The summed E-state index contributed by atoms with van der Waals surface area (Å²) in [6, 6.07) is 13.3. The van der Waals surface area contributed by atoms with Crippen molar-refractivity contribution >= 4 is 33.0 Å². The molecule has 0 saturated carbocycles. The van der Waals surface area contributed by atoms with Crippen molar-refractivity contribution in [3.05, 3.63) is 64.5 Å². The summed E-state index contributed by atoms with van der Waals surface area (Å²) in [5.74, 6) is -0.310. The Morgan fingerprint density at radius 1 is 1.00 bits per heavy atom. The molecule has 2 aromatic carbocycles. The summed E-state index contributed by atoms with van der Waals surface area (Å²) < 4.78 is 27.3. The molecule has 0 spiro atoms. The summed E-state index contributed by atoms with van der Waals surface area (Å²) in [6.07, 6.45) is 0.